The molecule has 1 aromatic rings. The first-order chi connectivity index (χ1) is 8.28. The van der Waals surface area contributed by atoms with Crippen molar-refractivity contribution in [2.45, 2.75) is 63.3 Å². The third-order valence-corrected chi connectivity index (χ3v) is 4.09. The standard InChI is InChI=1S/C13H21N3O/c1-13(7-8-13)12-15-11(17-16-12)10-6-4-2-3-5-9-14-10/h10,14H,2-9H2,1H3. The van der Waals surface area contributed by atoms with E-state index in [2.05, 4.69) is 22.4 Å². The molecule has 1 unspecified atom stereocenters. The molecule has 1 saturated carbocycles. The van der Waals surface area contributed by atoms with Crippen LogP contribution in [0.15, 0.2) is 4.52 Å². The van der Waals surface area contributed by atoms with Gasteiger partial charge in [0.1, 0.15) is 0 Å². The predicted octanol–water partition coefficient (Wildman–Crippen LogP) is 2.72. The molecule has 1 saturated heterocycles. The number of nitrogens with zero attached hydrogens (tertiary/aromatic N) is 2. The average molecular weight is 235 g/mol. The molecule has 0 amide bonds. The van der Waals surface area contributed by atoms with Crippen molar-refractivity contribution in [1.82, 2.24) is 15.5 Å². The lowest BCUT2D eigenvalue weighted by molar-refractivity contribution is 0.304. The van der Waals surface area contributed by atoms with Crippen molar-refractivity contribution in [3.63, 3.8) is 0 Å². The second-order valence-corrected chi connectivity index (χ2v) is 5.73. The summed E-state index contributed by atoms with van der Waals surface area (Å²) in [5.74, 6) is 1.71. The largest absolute Gasteiger partial charge is 0.338 e. The summed E-state index contributed by atoms with van der Waals surface area (Å²) in [5.41, 5.74) is 0.212. The Hall–Kier alpha value is -0.900. The molecule has 1 aliphatic carbocycles. The lowest BCUT2D eigenvalue weighted by Gasteiger charge is -2.17. The van der Waals surface area contributed by atoms with Gasteiger partial charge in [-0.1, -0.05) is 31.3 Å². The van der Waals surface area contributed by atoms with Crippen molar-refractivity contribution >= 4 is 0 Å². The Morgan fingerprint density at radius 1 is 1.24 bits per heavy atom. The maximum absolute atomic E-state index is 5.44. The van der Waals surface area contributed by atoms with Crippen LogP contribution in [0.25, 0.3) is 0 Å². The molecule has 17 heavy (non-hydrogen) atoms. The van der Waals surface area contributed by atoms with Crippen molar-refractivity contribution in [3.8, 4) is 0 Å². The lowest BCUT2D eigenvalue weighted by atomic mass is 10.0. The summed E-state index contributed by atoms with van der Waals surface area (Å²) in [5, 5.41) is 7.68. The van der Waals surface area contributed by atoms with Crippen molar-refractivity contribution in [2.75, 3.05) is 6.54 Å². The Labute approximate surface area is 102 Å². The monoisotopic (exact) mass is 235 g/mol. The van der Waals surface area contributed by atoms with E-state index >= 15 is 0 Å². The van der Waals surface area contributed by atoms with Crippen LogP contribution in [-0.4, -0.2) is 16.7 Å². The first-order valence-corrected chi connectivity index (χ1v) is 6.85. The predicted molar refractivity (Wildman–Crippen MR) is 64.7 cm³/mol. The highest BCUT2D eigenvalue weighted by Crippen LogP contribution is 2.46. The smallest absolute Gasteiger partial charge is 0.243 e. The van der Waals surface area contributed by atoms with E-state index in [4.69, 9.17) is 4.52 Å². The van der Waals surface area contributed by atoms with E-state index in [9.17, 15) is 0 Å². The number of rotatable bonds is 2. The van der Waals surface area contributed by atoms with Crippen LogP contribution in [0.4, 0.5) is 0 Å². The summed E-state index contributed by atoms with van der Waals surface area (Å²) in [6.07, 6.45) is 8.71. The van der Waals surface area contributed by atoms with Gasteiger partial charge < -0.3 is 9.84 Å². The van der Waals surface area contributed by atoms with Crippen LogP contribution < -0.4 is 5.32 Å². The van der Waals surface area contributed by atoms with Crippen molar-refractivity contribution in [3.05, 3.63) is 11.7 Å². The van der Waals surface area contributed by atoms with Crippen LogP contribution in [-0.2, 0) is 5.41 Å². The summed E-state index contributed by atoms with van der Waals surface area (Å²) in [4.78, 5) is 4.60. The maximum Gasteiger partial charge on any atom is 0.243 e. The molecule has 0 radical (unpaired) electrons. The van der Waals surface area contributed by atoms with Crippen molar-refractivity contribution in [1.29, 1.82) is 0 Å². The van der Waals surface area contributed by atoms with Crippen LogP contribution in [0.1, 0.15) is 69.6 Å². The molecule has 0 aromatic carbocycles. The lowest BCUT2D eigenvalue weighted by Crippen LogP contribution is -2.24. The molecule has 94 valence electrons. The van der Waals surface area contributed by atoms with Gasteiger partial charge in [-0.2, -0.15) is 4.98 Å². The molecule has 2 heterocycles. The van der Waals surface area contributed by atoms with E-state index in [1.54, 1.807) is 0 Å². The van der Waals surface area contributed by atoms with Gasteiger partial charge in [0, 0.05) is 5.41 Å². The fourth-order valence-electron chi connectivity index (χ4n) is 2.45. The number of nitrogens with one attached hydrogen (secondary N) is 1. The first kappa shape index (κ1) is 11.2. The van der Waals surface area contributed by atoms with Gasteiger partial charge in [0.05, 0.1) is 6.04 Å². The second kappa shape index (κ2) is 4.41. The van der Waals surface area contributed by atoms with Gasteiger partial charge in [0.2, 0.25) is 5.89 Å². The summed E-state index contributed by atoms with van der Waals surface area (Å²) in [7, 11) is 0. The topological polar surface area (TPSA) is 51.0 Å². The molecule has 1 aliphatic heterocycles. The summed E-state index contributed by atoms with van der Waals surface area (Å²) < 4.78 is 5.44. The molecule has 1 aromatic heterocycles. The van der Waals surface area contributed by atoms with Gasteiger partial charge in [-0.25, -0.2) is 0 Å². The van der Waals surface area contributed by atoms with E-state index < -0.39 is 0 Å². The van der Waals surface area contributed by atoms with E-state index in [1.807, 2.05) is 0 Å². The van der Waals surface area contributed by atoms with E-state index in [0.29, 0.717) is 0 Å². The zero-order valence-electron chi connectivity index (χ0n) is 10.5. The molecule has 4 nitrogen and oxygen atoms in total. The molecule has 3 rings (SSSR count). The van der Waals surface area contributed by atoms with Crippen molar-refractivity contribution in [2.24, 2.45) is 0 Å². The molecule has 0 bridgehead atoms. The highest BCUT2D eigenvalue weighted by molar-refractivity contribution is 5.14. The highest BCUT2D eigenvalue weighted by Gasteiger charge is 2.43. The second-order valence-electron chi connectivity index (χ2n) is 5.73. The Morgan fingerprint density at radius 2 is 2.06 bits per heavy atom. The highest BCUT2D eigenvalue weighted by atomic mass is 16.5. The quantitative estimate of drug-likeness (QED) is 0.856. The zero-order chi connectivity index (χ0) is 11.7. The molecule has 2 aliphatic rings. The van der Waals surface area contributed by atoms with Crippen LogP contribution in [0.5, 0.6) is 0 Å². The molecule has 2 fully saturated rings. The van der Waals surface area contributed by atoms with E-state index in [0.717, 1.165) is 24.7 Å². The first-order valence-electron chi connectivity index (χ1n) is 6.85. The third-order valence-electron chi connectivity index (χ3n) is 4.09. The molecule has 0 spiro atoms. The van der Waals surface area contributed by atoms with Crippen molar-refractivity contribution < 1.29 is 4.52 Å². The average Bonchev–Trinajstić information content (AvgIpc) is 2.85. The molecule has 4 heteroatoms. The van der Waals surface area contributed by atoms with Gasteiger partial charge >= 0.3 is 0 Å². The Balaban J connectivity index is 1.71. The Kier molecular flexibility index (Phi) is 2.90. The van der Waals surface area contributed by atoms with Gasteiger partial charge in [-0.15, -0.1) is 0 Å². The SMILES string of the molecule is CC1(c2noc(C3CCCCCCN3)n2)CC1. The summed E-state index contributed by atoms with van der Waals surface area (Å²) in [6.45, 7) is 3.28. The van der Waals surface area contributed by atoms with E-state index in [1.165, 1.54) is 38.5 Å². The molecular formula is C13H21N3O. The Bertz CT molecular complexity index is 376. The summed E-state index contributed by atoms with van der Waals surface area (Å²) >= 11 is 0. The molecule has 1 N–H and O–H groups in total. The number of hydrogen-bond donors (Lipinski definition) is 1. The van der Waals surface area contributed by atoms with Gasteiger partial charge in [0.25, 0.3) is 0 Å². The maximum atomic E-state index is 5.44. The van der Waals surface area contributed by atoms with Crippen LogP contribution >= 0.6 is 0 Å². The minimum atomic E-state index is 0.212. The zero-order valence-corrected chi connectivity index (χ0v) is 10.5. The summed E-state index contributed by atoms with van der Waals surface area (Å²) in [6, 6.07) is 0.277. The number of hydrogen-bond acceptors (Lipinski definition) is 4. The molecule has 1 atom stereocenters. The fourth-order valence-corrected chi connectivity index (χ4v) is 2.45. The minimum absolute atomic E-state index is 0.212. The Morgan fingerprint density at radius 3 is 2.88 bits per heavy atom. The molecular weight excluding hydrogens is 214 g/mol. The van der Waals surface area contributed by atoms with Gasteiger partial charge in [-0.3, -0.25) is 0 Å². The van der Waals surface area contributed by atoms with Gasteiger partial charge in [0.15, 0.2) is 5.82 Å². The van der Waals surface area contributed by atoms with E-state index in [-0.39, 0.29) is 11.5 Å². The number of aromatic nitrogens is 2. The normalized spacial score (nSPS) is 28.4. The van der Waals surface area contributed by atoms with Crippen LogP contribution in [0, 0.1) is 0 Å². The fraction of sp³-hybridized carbons (Fsp3) is 0.846. The van der Waals surface area contributed by atoms with Gasteiger partial charge in [-0.05, 0) is 32.2 Å². The minimum Gasteiger partial charge on any atom is -0.338 e. The third kappa shape index (κ3) is 2.37. The van der Waals surface area contributed by atoms with Crippen LogP contribution in [0.2, 0.25) is 0 Å². The van der Waals surface area contributed by atoms with Crippen LogP contribution in [0.3, 0.4) is 0 Å².